The van der Waals surface area contributed by atoms with Crippen molar-refractivity contribution in [1.82, 2.24) is 4.90 Å². The van der Waals surface area contributed by atoms with Gasteiger partial charge < -0.3 is 9.64 Å². The van der Waals surface area contributed by atoms with Crippen LogP contribution < -0.4 is 0 Å². The van der Waals surface area contributed by atoms with E-state index in [-0.39, 0.29) is 18.0 Å². The topological polar surface area (TPSA) is 29.5 Å². The minimum Gasteiger partial charge on any atom is -0.372 e. The maximum Gasteiger partial charge on any atom is 0.173 e. The predicted molar refractivity (Wildman–Crippen MR) is 95.1 cm³/mol. The zero-order valence-electron chi connectivity index (χ0n) is 12.0. The molecule has 0 spiro atoms. The Morgan fingerprint density at radius 3 is 2.48 bits per heavy atom. The number of ether oxygens (including phenoxy) is 1. The van der Waals surface area contributed by atoms with Gasteiger partial charge in [0.2, 0.25) is 0 Å². The van der Waals surface area contributed by atoms with E-state index in [1.807, 2.05) is 38.1 Å². The number of carbonyl (C=O) groups is 1. The first-order valence-electron chi connectivity index (χ1n) is 6.81. The Morgan fingerprint density at radius 1 is 1.33 bits per heavy atom. The van der Waals surface area contributed by atoms with E-state index in [1.54, 1.807) is 0 Å². The van der Waals surface area contributed by atoms with Crippen LogP contribution in [0.4, 0.5) is 0 Å². The van der Waals surface area contributed by atoms with Crippen molar-refractivity contribution in [3.05, 3.63) is 34.3 Å². The van der Waals surface area contributed by atoms with Gasteiger partial charge in [-0.05, 0) is 26.0 Å². The quantitative estimate of drug-likeness (QED) is 0.581. The Balaban J connectivity index is 1.86. The fourth-order valence-electron chi connectivity index (χ4n) is 2.26. The van der Waals surface area contributed by atoms with Gasteiger partial charge in [0, 0.05) is 23.1 Å². The molecular formula is C15H18BrNO2S2. The number of Topliss-reactive ketones (excluding diaryl/α,β-unsaturated/α-hetero) is 1. The van der Waals surface area contributed by atoms with Gasteiger partial charge in [-0.15, -0.1) is 0 Å². The third kappa shape index (κ3) is 5.06. The van der Waals surface area contributed by atoms with Crippen LogP contribution >= 0.6 is 39.9 Å². The lowest BCUT2D eigenvalue weighted by Gasteiger charge is -2.36. The Labute approximate surface area is 143 Å². The van der Waals surface area contributed by atoms with Gasteiger partial charge in [0.05, 0.1) is 18.0 Å². The molecule has 0 radical (unpaired) electrons. The predicted octanol–water partition coefficient (Wildman–Crippen LogP) is 3.76. The van der Waals surface area contributed by atoms with Gasteiger partial charge in [0.25, 0.3) is 0 Å². The van der Waals surface area contributed by atoms with Gasteiger partial charge in [-0.25, -0.2) is 0 Å². The van der Waals surface area contributed by atoms with Crippen LogP contribution in [0.2, 0.25) is 0 Å². The van der Waals surface area contributed by atoms with E-state index in [1.165, 1.54) is 11.8 Å². The molecule has 21 heavy (non-hydrogen) atoms. The molecular weight excluding hydrogens is 370 g/mol. The number of halogens is 1. The molecule has 1 saturated heterocycles. The molecule has 0 unspecified atom stereocenters. The monoisotopic (exact) mass is 387 g/mol. The number of benzene rings is 1. The average molecular weight is 388 g/mol. The highest BCUT2D eigenvalue weighted by Gasteiger charge is 2.24. The Morgan fingerprint density at radius 2 is 1.90 bits per heavy atom. The van der Waals surface area contributed by atoms with Crippen LogP contribution in [0.25, 0.3) is 0 Å². The SMILES string of the molecule is C[C@@H]1CN(C(=S)SCC(=O)c2ccc(Br)cc2)C[C@H](C)O1. The maximum absolute atomic E-state index is 12.1. The van der Waals surface area contributed by atoms with E-state index in [4.69, 9.17) is 17.0 Å². The van der Waals surface area contributed by atoms with E-state index in [9.17, 15) is 4.79 Å². The van der Waals surface area contributed by atoms with Crippen LogP contribution in [0.15, 0.2) is 28.7 Å². The highest BCUT2D eigenvalue weighted by atomic mass is 79.9. The largest absolute Gasteiger partial charge is 0.372 e. The molecule has 0 aliphatic carbocycles. The van der Waals surface area contributed by atoms with Crippen LogP contribution in [0.5, 0.6) is 0 Å². The number of hydrogen-bond acceptors (Lipinski definition) is 4. The first-order valence-corrected chi connectivity index (χ1v) is 9.00. The van der Waals surface area contributed by atoms with E-state index in [0.717, 1.165) is 27.4 Å². The van der Waals surface area contributed by atoms with Crippen molar-refractivity contribution in [3.63, 3.8) is 0 Å². The second kappa shape index (κ2) is 7.72. The molecule has 2 atom stereocenters. The molecule has 1 aromatic rings. The number of rotatable bonds is 3. The van der Waals surface area contributed by atoms with E-state index >= 15 is 0 Å². The minimum atomic E-state index is 0.101. The van der Waals surface area contributed by atoms with E-state index < -0.39 is 0 Å². The van der Waals surface area contributed by atoms with Crippen LogP contribution in [0.1, 0.15) is 24.2 Å². The van der Waals surface area contributed by atoms with Crippen molar-refractivity contribution < 1.29 is 9.53 Å². The summed E-state index contributed by atoms with van der Waals surface area (Å²) < 4.78 is 7.44. The van der Waals surface area contributed by atoms with Gasteiger partial charge in [0.1, 0.15) is 4.32 Å². The number of ketones is 1. The molecule has 6 heteroatoms. The molecule has 0 saturated carbocycles. The zero-order valence-corrected chi connectivity index (χ0v) is 15.3. The summed E-state index contributed by atoms with van der Waals surface area (Å²) in [5, 5.41) is 0. The summed E-state index contributed by atoms with van der Waals surface area (Å²) in [5.74, 6) is 0.477. The fraction of sp³-hybridized carbons (Fsp3) is 0.467. The van der Waals surface area contributed by atoms with Crippen molar-refractivity contribution >= 4 is 50.0 Å². The summed E-state index contributed by atoms with van der Waals surface area (Å²) in [6, 6.07) is 7.41. The van der Waals surface area contributed by atoms with Crippen molar-refractivity contribution in [3.8, 4) is 0 Å². The number of morpholine rings is 1. The summed E-state index contributed by atoms with van der Waals surface area (Å²) in [4.78, 5) is 14.3. The second-order valence-corrected chi connectivity index (χ2v) is 7.67. The number of nitrogens with zero attached hydrogens (tertiary/aromatic N) is 1. The second-order valence-electron chi connectivity index (χ2n) is 5.15. The van der Waals surface area contributed by atoms with Crippen molar-refractivity contribution in [2.24, 2.45) is 0 Å². The molecule has 1 aromatic carbocycles. The molecule has 2 rings (SSSR count). The molecule has 0 N–H and O–H groups in total. The molecule has 1 aliphatic rings. The third-order valence-corrected chi connectivity index (χ3v) is 5.22. The Hall–Kier alpha value is -0.430. The van der Waals surface area contributed by atoms with Crippen LogP contribution in [-0.4, -0.2) is 46.1 Å². The highest BCUT2D eigenvalue weighted by Crippen LogP contribution is 2.19. The van der Waals surface area contributed by atoms with E-state index in [2.05, 4.69) is 20.8 Å². The first kappa shape index (κ1) is 16.9. The summed E-state index contributed by atoms with van der Waals surface area (Å²) >= 11 is 10.2. The summed E-state index contributed by atoms with van der Waals surface area (Å²) in [6.45, 7) is 5.68. The van der Waals surface area contributed by atoms with Crippen LogP contribution in [-0.2, 0) is 4.74 Å². The van der Waals surface area contributed by atoms with Gasteiger partial charge in [-0.3, -0.25) is 4.79 Å². The lowest BCUT2D eigenvalue weighted by atomic mass is 10.2. The van der Waals surface area contributed by atoms with Gasteiger partial charge in [0.15, 0.2) is 5.78 Å². The van der Waals surface area contributed by atoms with Gasteiger partial charge in [-0.1, -0.05) is 52.0 Å². The third-order valence-electron chi connectivity index (χ3n) is 3.17. The summed E-state index contributed by atoms with van der Waals surface area (Å²) in [7, 11) is 0. The Bertz CT molecular complexity index is 511. The highest BCUT2D eigenvalue weighted by molar-refractivity contribution is 9.10. The number of hydrogen-bond donors (Lipinski definition) is 0. The fourth-order valence-corrected chi connectivity index (χ4v) is 3.61. The molecule has 1 aliphatic heterocycles. The number of thioether (sulfide) groups is 1. The smallest absolute Gasteiger partial charge is 0.173 e. The molecule has 3 nitrogen and oxygen atoms in total. The maximum atomic E-state index is 12.1. The normalized spacial score (nSPS) is 22.1. The number of carbonyl (C=O) groups excluding carboxylic acids is 1. The summed E-state index contributed by atoms with van der Waals surface area (Å²) in [5.41, 5.74) is 0.720. The lowest BCUT2D eigenvalue weighted by Crippen LogP contribution is -2.46. The minimum absolute atomic E-state index is 0.101. The zero-order chi connectivity index (χ0) is 15.4. The van der Waals surface area contributed by atoms with Crippen LogP contribution in [0.3, 0.4) is 0 Å². The van der Waals surface area contributed by atoms with Crippen molar-refractivity contribution in [1.29, 1.82) is 0 Å². The van der Waals surface area contributed by atoms with E-state index in [0.29, 0.717) is 5.75 Å². The van der Waals surface area contributed by atoms with Gasteiger partial charge in [-0.2, -0.15) is 0 Å². The molecule has 1 fully saturated rings. The Kier molecular flexibility index (Phi) is 6.22. The molecule has 1 heterocycles. The lowest BCUT2D eigenvalue weighted by molar-refractivity contribution is -0.0465. The van der Waals surface area contributed by atoms with Gasteiger partial charge >= 0.3 is 0 Å². The number of thiocarbonyl (C=S) groups is 1. The molecule has 114 valence electrons. The first-order chi connectivity index (χ1) is 9.95. The molecule has 0 amide bonds. The van der Waals surface area contributed by atoms with Crippen LogP contribution in [0, 0.1) is 0 Å². The average Bonchev–Trinajstić information content (AvgIpc) is 2.44. The standard InChI is InChI=1S/C15H18BrNO2S2/c1-10-7-17(8-11(2)19-10)15(20)21-9-14(18)12-3-5-13(16)6-4-12/h3-6,10-11H,7-9H2,1-2H3/t10-,11+. The summed E-state index contributed by atoms with van der Waals surface area (Å²) in [6.07, 6.45) is 0.351. The van der Waals surface area contributed by atoms with Crippen molar-refractivity contribution in [2.45, 2.75) is 26.1 Å². The molecule has 0 aromatic heterocycles. The molecule has 0 bridgehead atoms. The van der Waals surface area contributed by atoms with Crippen molar-refractivity contribution in [2.75, 3.05) is 18.8 Å².